The largest absolute Gasteiger partial charge is 0.352 e. The zero-order valence-electron chi connectivity index (χ0n) is 12.4. The molecule has 0 saturated carbocycles. The van der Waals surface area contributed by atoms with E-state index in [4.69, 9.17) is 11.6 Å². The van der Waals surface area contributed by atoms with Crippen molar-refractivity contribution >= 4 is 34.8 Å². The maximum absolute atomic E-state index is 11.7. The zero-order chi connectivity index (χ0) is 15.2. The van der Waals surface area contributed by atoms with E-state index in [1.54, 1.807) is 18.4 Å². The van der Waals surface area contributed by atoms with Crippen LogP contribution in [-0.4, -0.2) is 42.9 Å². The number of guanidine groups is 1. The lowest BCUT2D eigenvalue weighted by Gasteiger charge is -2.18. The fourth-order valence-corrected chi connectivity index (χ4v) is 3.36. The van der Waals surface area contributed by atoms with Crippen molar-refractivity contribution in [2.24, 2.45) is 4.99 Å². The topological polar surface area (TPSA) is 56.7 Å². The summed E-state index contributed by atoms with van der Waals surface area (Å²) in [5.74, 6) is 0.978. The number of nitrogens with one attached hydrogen (secondary N) is 2. The van der Waals surface area contributed by atoms with Gasteiger partial charge in [0.05, 0.1) is 10.9 Å². The van der Waals surface area contributed by atoms with Gasteiger partial charge < -0.3 is 15.5 Å². The molecular formula is C14H21ClN4OS. The Morgan fingerprint density at radius 3 is 3.00 bits per heavy atom. The SMILES string of the molecule is CCC(=O)N1CCC(NC(=NC)NCc2ccc(Cl)s2)C1. The average molecular weight is 329 g/mol. The summed E-state index contributed by atoms with van der Waals surface area (Å²) in [4.78, 5) is 19.0. The fourth-order valence-electron chi connectivity index (χ4n) is 2.33. The van der Waals surface area contributed by atoms with Crippen LogP contribution >= 0.6 is 22.9 Å². The van der Waals surface area contributed by atoms with Gasteiger partial charge in [0, 0.05) is 37.5 Å². The summed E-state index contributed by atoms with van der Waals surface area (Å²) in [7, 11) is 1.75. The number of nitrogens with zero attached hydrogens (tertiary/aromatic N) is 2. The van der Waals surface area contributed by atoms with Gasteiger partial charge in [0.25, 0.3) is 0 Å². The van der Waals surface area contributed by atoms with E-state index < -0.39 is 0 Å². The van der Waals surface area contributed by atoms with Crippen LogP contribution in [0.4, 0.5) is 0 Å². The van der Waals surface area contributed by atoms with Gasteiger partial charge in [-0.05, 0) is 18.6 Å². The van der Waals surface area contributed by atoms with Gasteiger partial charge in [-0.25, -0.2) is 0 Å². The van der Waals surface area contributed by atoms with Gasteiger partial charge in [-0.3, -0.25) is 9.79 Å². The van der Waals surface area contributed by atoms with Crippen LogP contribution in [0, 0.1) is 0 Å². The minimum absolute atomic E-state index is 0.218. The first-order chi connectivity index (χ1) is 10.1. The minimum Gasteiger partial charge on any atom is -0.352 e. The molecule has 1 aromatic rings. The number of amides is 1. The van der Waals surface area contributed by atoms with Gasteiger partial charge in [0.15, 0.2) is 5.96 Å². The molecule has 1 saturated heterocycles. The molecule has 7 heteroatoms. The lowest BCUT2D eigenvalue weighted by Crippen LogP contribution is -2.44. The van der Waals surface area contributed by atoms with Crippen molar-refractivity contribution in [1.29, 1.82) is 0 Å². The van der Waals surface area contributed by atoms with Gasteiger partial charge >= 0.3 is 0 Å². The Hall–Kier alpha value is -1.27. The third kappa shape index (κ3) is 4.61. The predicted octanol–water partition coefficient (Wildman–Crippen LogP) is 2.08. The first kappa shape index (κ1) is 16.1. The van der Waals surface area contributed by atoms with Gasteiger partial charge in [0.1, 0.15) is 0 Å². The molecule has 1 unspecified atom stereocenters. The summed E-state index contributed by atoms with van der Waals surface area (Å²) in [5.41, 5.74) is 0. The molecule has 0 radical (unpaired) electrons. The molecular weight excluding hydrogens is 308 g/mol. The predicted molar refractivity (Wildman–Crippen MR) is 87.9 cm³/mol. The number of hydrogen-bond acceptors (Lipinski definition) is 3. The second-order valence-corrected chi connectivity index (χ2v) is 6.75. The Morgan fingerprint density at radius 1 is 1.57 bits per heavy atom. The number of rotatable bonds is 4. The molecule has 2 heterocycles. The molecule has 1 aromatic heterocycles. The summed E-state index contributed by atoms with van der Waals surface area (Å²) in [6, 6.07) is 4.16. The van der Waals surface area contributed by atoms with E-state index in [2.05, 4.69) is 15.6 Å². The molecule has 0 bridgehead atoms. The summed E-state index contributed by atoms with van der Waals surface area (Å²) in [6.45, 7) is 4.16. The fraction of sp³-hybridized carbons (Fsp3) is 0.571. The number of hydrogen-bond donors (Lipinski definition) is 2. The average Bonchev–Trinajstić information content (AvgIpc) is 3.11. The maximum atomic E-state index is 11.7. The first-order valence-electron chi connectivity index (χ1n) is 7.11. The number of aliphatic imine (C=N–C) groups is 1. The molecule has 1 aliphatic heterocycles. The standard InChI is InChI=1S/C14H21ClN4OS/c1-3-13(20)19-7-6-10(9-19)18-14(16-2)17-8-11-4-5-12(15)21-11/h4-5,10H,3,6-9H2,1-2H3,(H2,16,17,18). The third-order valence-electron chi connectivity index (χ3n) is 3.47. The van der Waals surface area contributed by atoms with E-state index in [1.165, 1.54) is 0 Å². The highest BCUT2D eigenvalue weighted by Crippen LogP contribution is 2.21. The third-order valence-corrected chi connectivity index (χ3v) is 4.70. The lowest BCUT2D eigenvalue weighted by molar-refractivity contribution is -0.129. The molecule has 116 valence electrons. The van der Waals surface area contributed by atoms with E-state index in [0.29, 0.717) is 13.0 Å². The molecule has 1 aliphatic rings. The Kier molecular flexibility index (Phi) is 5.87. The smallest absolute Gasteiger partial charge is 0.222 e. The van der Waals surface area contributed by atoms with Crippen molar-refractivity contribution in [1.82, 2.24) is 15.5 Å². The Morgan fingerprint density at radius 2 is 2.38 bits per heavy atom. The highest BCUT2D eigenvalue weighted by atomic mass is 35.5. The molecule has 0 aromatic carbocycles. The van der Waals surface area contributed by atoms with Crippen molar-refractivity contribution in [3.63, 3.8) is 0 Å². The number of halogens is 1. The maximum Gasteiger partial charge on any atom is 0.222 e. The van der Waals surface area contributed by atoms with Gasteiger partial charge in [-0.2, -0.15) is 0 Å². The molecule has 2 N–H and O–H groups in total. The summed E-state index contributed by atoms with van der Waals surface area (Å²) in [6.07, 6.45) is 1.52. The first-order valence-corrected chi connectivity index (χ1v) is 8.31. The van der Waals surface area contributed by atoms with Crippen molar-refractivity contribution in [2.75, 3.05) is 20.1 Å². The summed E-state index contributed by atoms with van der Waals surface area (Å²) in [5, 5.41) is 6.64. The van der Waals surface area contributed by atoms with E-state index in [1.807, 2.05) is 24.0 Å². The van der Waals surface area contributed by atoms with Crippen LogP contribution in [0.2, 0.25) is 4.34 Å². The van der Waals surface area contributed by atoms with Crippen molar-refractivity contribution < 1.29 is 4.79 Å². The van der Waals surface area contributed by atoms with Crippen LogP contribution in [0.3, 0.4) is 0 Å². The van der Waals surface area contributed by atoms with Crippen LogP contribution < -0.4 is 10.6 Å². The van der Waals surface area contributed by atoms with Crippen LogP contribution in [0.1, 0.15) is 24.6 Å². The number of carbonyl (C=O) groups excluding carboxylic acids is 1. The Bertz CT molecular complexity index is 517. The zero-order valence-corrected chi connectivity index (χ0v) is 13.9. The highest BCUT2D eigenvalue weighted by Gasteiger charge is 2.25. The lowest BCUT2D eigenvalue weighted by atomic mass is 10.3. The Labute approximate surface area is 134 Å². The normalized spacial score (nSPS) is 18.9. The van der Waals surface area contributed by atoms with Crippen molar-refractivity contribution in [3.8, 4) is 0 Å². The molecule has 1 amide bonds. The Balaban J connectivity index is 1.79. The van der Waals surface area contributed by atoms with Crippen LogP contribution in [0.5, 0.6) is 0 Å². The van der Waals surface area contributed by atoms with E-state index in [0.717, 1.165) is 34.7 Å². The molecule has 0 spiro atoms. The number of carbonyl (C=O) groups is 1. The second-order valence-electron chi connectivity index (χ2n) is 4.95. The quantitative estimate of drug-likeness (QED) is 0.657. The molecule has 0 aliphatic carbocycles. The molecule has 1 fully saturated rings. The van der Waals surface area contributed by atoms with Gasteiger partial charge in [-0.1, -0.05) is 18.5 Å². The van der Waals surface area contributed by atoms with E-state index in [-0.39, 0.29) is 11.9 Å². The summed E-state index contributed by atoms with van der Waals surface area (Å²) >= 11 is 7.47. The van der Waals surface area contributed by atoms with E-state index in [9.17, 15) is 4.79 Å². The molecule has 2 rings (SSSR count). The van der Waals surface area contributed by atoms with Crippen LogP contribution in [0.15, 0.2) is 17.1 Å². The second kappa shape index (κ2) is 7.66. The molecule has 5 nitrogen and oxygen atoms in total. The van der Waals surface area contributed by atoms with Crippen LogP contribution in [0.25, 0.3) is 0 Å². The van der Waals surface area contributed by atoms with Gasteiger partial charge in [-0.15, -0.1) is 11.3 Å². The van der Waals surface area contributed by atoms with Crippen molar-refractivity contribution in [3.05, 3.63) is 21.3 Å². The monoisotopic (exact) mass is 328 g/mol. The minimum atomic E-state index is 0.218. The number of thiophene rings is 1. The molecule has 21 heavy (non-hydrogen) atoms. The van der Waals surface area contributed by atoms with Gasteiger partial charge in [0.2, 0.25) is 5.91 Å². The number of likely N-dealkylation sites (tertiary alicyclic amines) is 1. The van der Waals surface area contributed by atoms with Crippen molar-refractivity contribution in [2.45, 2.75) is 32.4 Å². The highest BCUT2D eigenvalue weighted by molar-refractivity contribution is 7.16. The van der Waals surface area contributed by atoms with Crippen LogP contribution in [-0.2, 0) is 11.3 Å². The summed E-state index contributed by atoms with van der Waals surface area (Å²) < 4.78 is 0.791. The molecule has 1 atom stereocenters. The van der Waals surface area contributed by atoms with E-state index >= 15 is 0 Å².